The number of carbonyl (C=O) groups excluding carboxylic acids is 2. The molecular formula is C99H98F20O22S7. The maximum atomic E-state index is 14.9. The van der Waals surface area contributed by atoms with E-state index in [1.807, 2.05) is 101 Å². The summed E-state index contributed by atoms with van der Waals surface area (Å²) in [5.41, 5.74) is 3.41. The van der Waals surface area contributed by atoms with Crippen molar-refractivity contribution in [3.05, 3.63) is 291 Å². The van der Waals surface area contributed by atoms with Crippen molar-refractivity contribution in [1.82, 2.24) is 0 Å². The molecule has 10 aromatic rings. The Morgan fingerprint density at radius 1 is 0.318 bits per heavy atom. The molecule has 0 saturated heterocycles. The highest BCUT2D eigenvalue weighted by atomic mass is 32.2. The van der Waals surface area contributed by atoms with E-state index in [4.69, 9.17) is 27.5 Å². The molecule has 0 spiro atoms. The van der Waals surface area contributed by atoms with Crippen LogP contribution in [0.25, 0.3) is 6.08 Å². The number of benzene rings is 10. The lowest BCUT2D eigenvalue weighted by molar-refractivity contribution is 0.0710. The zero-order valence-corrected chi connectivity index (χ0v) is 86.8. The van der Waals surface area contributed by atoms with Gasteiger partial charge in [-0.3, -0.25) is 22.8 Å². The van der Waals surface area contributed by atoms with E-state index in [1.165, 1.54) is 42.5 Å². The number of sulfone groups is 1. The normalized spacial score (nSPS) is 13.7. The Balaban J connectivity index is 0.000000226. The zero-order valence-electron chi connectivity index (χ0n) is 81.1. The molecule has 0 bridgehead atoms. The van der Waals surface area contributed by atoms with Gasteiger partial charge in [0.15, 0.2) is 141 Å². The van der Waals surface area contributed by atoms with E-state index in [0.717, 1.165) is 59.1 Å². The smallest absolute Gasteiger partial charge is 0.349 e. The predicted molar refractivity (Wildman–Crippen MR) is 501 cm³/mol. The Bertz CT molecular complexity index is 7400. The average molecular weight is 2240 g/mol. The highest BCUT2D eigenvalue weighted by Gasteiger charge is 2.45. The summed E-state index contributed by atoms with van der Waals surface area (Å²) in [5, 5.41) is 0. The number of halogens is 20. The fourth-order valence-electron chi connectivity index (χ4n) is 16.3. The Hall–Kier alpha value is -10.9. The van der Waals surface area contributed by atoms with Gasteiger partial charge >= 0.3 is 62.5 Å². The van der Waals surface area contributed by atoms with Gasteiger partial charge in [0.2, 0.25) is 9.84 Å². The van der Waals surface area contributed by atoms with Crippen LogP contribution in [-0.4, -0.2) is 89.4 Å². The number of hydrogen-bond donors (Lipinski definition) is 5. The maximum absolute atomic E-state index is 14.9. The monoisotopic (exact) mass is 2240 g/mol. The summed E-state index contributed by atoms with van der Waals surface area (Å²) in [6.45, 7) is 33.6. The van der Waals surface area contributed by atoms with Gasteiger partial charge < -0.3 is 9.47 Å². The lowest BCUT2D eigenvalue weighted by atomic mass is 9.82. The quantitative estimate of drug-likeness (QED) is 0.0110. The van der Waals surface area contributed by atoms with Gasteiger partial charge in [0.05, 0.1) is 20.6 Å². The van der Waals surface area contributed by atoms with Crippen molar-refractivity contribution >= 4 is 89.2 Å². The molecule has 0 heterocycles. The van der Waals surface area contributed by atoms with Gasteiger partial charge in [-0.2, -0.15) is 42.1 Å². The molecule has 1 atom stereocenters. The van der Waals surface area contributed by atoms with Crippen molar-refractivity contribution in [3.63, 3.8) is 0 Å². The Morgan fingerprint density at radius 2 is 0.574 bits per heavy atom. The summed E-state index contributed by atoms with van der Waals surface area (Å²) in [6.07, 6.45) is 7.00. The van der Waals surface area contributed by atoms with Crippen LogP contribution in [0.1, 0.15) is 314 Å². The Morgan fingerprint density at radius 3 is 0.851 bits per heavy atom. The molecule has 10 aromatic carbocycles. The standard InChI is InChI=1S/C22H22F4O5S2.C22H26F4O3S.C21H24F4O4S2.C19H18F4O5S.C15H8F4O5S/c23-16-18(25)22(33(29,30)31)19(26)17(24)21(16)32(27,28)20-14(12-6-1-2-7-12)10-5-11-15(20)13-8-3-4-9-13;1-10(2)13-7-14(11(3)4)16(15(8-13)12(5)6)9-17-18(23)20(25)22(30(27,28)29)21(26)19(17)24;1-9(2)12-7-13(10(3)4)19(14(8-12)11(5)6)30(26)20-15(22)17(24)21(31(27,28)29)18(25)16(20)23;1-8(2)10-5-11(9(3)4)7-12(6-10)28-19(24)13-14(20)16(22)18(29(25,26)27)17(23)15(13)21;1-2-7-3-5-8(6-4-7)24-15(20)9-10(16)12(18)14(25(21,22)23)13(19)11(9)17/h5,10-13H,1-4,6-9H2,(H,29,30,31);7-8,10-12H,9H2,1-6H3,(H,27,28,29);7-11H,1-6H3,(H,27,28,29);5-9H,1-4H3,(H,25,26,27);2-6H,1H2,(H,21,22,23). The van der Waals surface area contributed by atoms with Gasteiger partial charge in [0.1, 0.15) is 32.4 Å². The van der Waals surface area contributed by atoms with Crippen molar-refractivity contribution in [3.8, 4) is 11.5 Å². The van der Waals surface area contributed by atoms with Gasteiger partial charge in [-0.15, -0.1) is 0 Å². The largest absolute Gasteiger partial charge is 0.423 e. The van der Waals surface area contributed by atoms with Crippen LogP contribution < -0.4 is 9.47 Å². The van der Waals surface area contributed by atoms with Crippen LogP contribution in [0.3, 0.4) is 0 Å². The van der Waals surface area contributed by atoms with Crippen LogP contribution >= 0.6 is 0 Å². The molecular weight excluding hydrogens is 2150 g/mol. The SMILES string of the molecule is C=Cc1ccc(OC(=O)c2c(F)c(F)c(S(=O)(=O)O)c(F)c2F)cc1.CC(C)c1cc(C(C)C)c(Cc2c(F)c(F)c(S(=O)(=O)O)c(F)c2F)c(C(C)C)c1.CC(C)c1cc(C(C)C)c(S(=O)c2c(F)c(F)c(S(=O)(=O)O)c(F)c2F)c(C(C)C)c1.CC(C)c1cc(OC(=O)c2c(F)c(F)c(S(=O)(=O)O)c(F)c2F)cc(C(C)C)c1.O=S(=O)(O)c1c(F)c(F)c(S(=O)(=O)c2c(C3CCCC3)cccc2C2CCCC2)c(F)c1F. The number of hydrogen-bond acceptors (Lipinski definition) is 17. The van der Waals surface area contributed by atoms with Gasteiger partial charge in [0, 0.05) is 12.0 Å². The first-order valence-corrected chi connectivity index (χ1v) is 54.5. The third-order valence-electron chi connectivity index (χ3n) is 23.9. The van der Waals surface area contributed by atoms with Crippen LogP contribution in [0.2, 0.25) is 0 Å². The van der Waals surface area contributed by atoms with Gasteiger partial charge in [-0.05, 0) is 176 Å². The summed E-state index contributed by atoms with van der Waals surface area (Å²) in [4.78, 5) is 9.45. The summed E-state index contributed by atoms with van der Waals surface area (Å²) >= 11 is 0. The molecule has 2 aliphatic carbocycles. The fourth-order valence-corrected chi connectivity index (χ4v) is 23.1. The molecule has 2 aliphatic rings. The van der Waals surface area contributed by atoms with Gasteiger partial charge in [-0.25, -0.2) is 110 Å². The first-order chi connectivity index (χ1) is 68.1. The Labute approximate surface area is 843 Å². The van der Waals surface area contributed by atoms with Crippen LogP contribution in [0.15, 0.2) is 136 Å². The molecule has 1 unspecified atom stereocenters. The molecule has 49 heteroatoms. The Kier molecular flexibility index (Phi) is 39.5. The van der Waals surface area contributed by atoms with Crippen LogP contribution in [0.4, 0.5) is 87.8 Å². The molecule has 22 nitrogen and oxygen atoms in total. The third kappa shape index (κ3) is 26.5. The van der Waals surface area contributed by atoms with Crippen molar-refractivity contribution in [2.24, 2.45) is 0 Å². The minimum absolute atomic E-state index is 0.0172. The lowest BCUT2D eigenvalue weighted by Crippen LogP contribution is -2.19. The van der Waals surface area contributed by atoms with Crippen LogP contribution in [0, 0.1) is 116 Å². The summed E-state index contributed by atoms with van der Waals surface area (Å²) in [6, 6.07) is 22.2. The highest BCUT2D eigenvalue weighted by molar-refractivity contribution is 7.91. The number of esters is 2. The fraction of sp³-hybridized carbons (Fsp3) is 0.354. The second-order valence-corrected chi connectivity index (χ2v) is 46.7. The second-order valence-electron chi connectivity index (χ2n) is 36.7. The molecule has 808 valence electrons. The van der Waals surface area contributed by atoms with Gasteiger partial charge in [0.25, 0.3) is 0 Å². The van der Waals surface area contributed by atoms with E-state index < -0.39 is 257 Å². The van der Waals surface area contributed by atoms with Gasteiger partial charge in [-0.1, -0.05) is 210 Å². The van der Waals surface area contributed by atoms with Crippen LogP contribution in [0.5, 0.6) is 11.5 Å². The minimum atomic E-state index is -5.70. The third-order valence-corrected chi connectivity index (χ3v) is 31.8. The predicted octanol–water partition coefficient (Wildman–Crippen LogP) is 26.4. The molecule has 12 rings (SSSR count). The maximum Gasteiger partial charge on any atom is 0.349 e. The molecule has 5 N–H and O–H groups in total. The van der Waals surface area contributed by atoms with Crippen LogP contribution in [-0.2, 0) is 77.6 Å². The van der Waals surface area contributed by atoms with E-state index >= 15 is 0 Å². The molecule has 0 aliphatic heterocycles. The summed E-state index contributed by atoms with van der Waals surface area (Å²) in [5.74, 6) is -50.1. The minimum Gasteiger partial charge on any atom is -0.423 e. The molecule has 0 radical (unpaired) electrons. The summed E-state index contributed by atoms with van der Waals surface area (Å²) < 4.78 is 491. The first kappa shape index (κ1) is 122. The first-order valence-electron chi connectivity index (χ1n) is 44.7. The molecule has 2 fully saturated rings. The number of rotatable bonds is 26. The van der Waals surface area contributed by atoms with E-state index in [0.29, 0.717) is 59.1 Å². The molecule has 0 aromatic heterocycles. The van der Waals surface area contributed by atoms with Crippen molar-refractivity contribution in [1.29, 1.82) is 0 Å². The molecule has 2 saturated carbocycles. The highest BCUT2D eigenvalue weighted by Crippen LogP contribution is 2.49. The van der Waals surface area contributed by atoms with Crippen molar-refractivity contribution in [2.45, 2.75) is 272 Å². The topological polar surface area (TPSA) is 376 Å². The van der Waals surface area contributed by atoms with Crippen molar-refractivity contribution in [2.75, 3.05) is 0 Å². The van der Waals surface area contributed by atoms with E-state index in [2.05, 4.69) is 11.3 Å². The average Bonchev–Trinajstić information content (AvgIpc) is 1.54. The second kappa shape index (κ2) is 47.8. The molecule has 0 amide bonds. The van der Waals surface area contributed by atoms with Crippen molar-refractivity contribution < 1.29 is 184 Å². The number of carbonyl (C=O) groups is 2. The molecule has 148 heavy (non-hydrogen) atoms. The lowest BCUT2D eigenvalue weighted by Gasteiger charge is -2.23. The summed E-state index contributed by atoms with van der Waals surface area (Å²) in [7, 11) is -35.9. The number of ether oxygens (including phenoxy) is 2. The van der Waals surface area contributed by atoms with E-state index in [-0.39, 0.29) is 80.5 Å². The van der Waals surface area contributed by atoms with E-state index in [9.17, 15) is 152 Å². The zero-order chi connectivity index (χ0) is 112. The van der Waals surface area contributed by atoms with E-state index in [1.54, 1.807) is 58.0 Å².